The Morgan fingerprint density at radius 1 is 1.25 bits per heavy atom. The smallest absolute Gasteiger partial charge is 0.230 e. The van der Waals surface area contributed by atoms with Gasteiger partial charge in [0.25, 0.3) is 0 Å². The molecule has 0 unspecified atom stereocenters. The van der Waals surface area contributed by atoms with Gasteiger partial charge < -0.3 is 16.8 Å². The van der Waals surface area contributed by atoms with E-state index in [1.165, 1.54) is 11.0 Å². The molecule has 2 aromatic rings. The van der Waals surface area contributed by atoms with Gasteiger partial charge in [0.15, 0.2) is 0 Å². The first-order valence-corrected chi connectivity index (χ1v) is 9.10. The van der Waals surface area contributed by atoms with Crippen LogP contribution in [0.3, 0.4) is 0 Å². The zero-order valence-electron chi connectivity index (χ0n) is 12.9. The number of thioether (sulfide) groups is 2. The van der Waals surface area contributed by atoms with Gasteiger partial charge >= 0.3 is 0 Å². The molecule has 0 saturated heterocycles. The second-order valence-electron chi connectivity index (χ2n) is 4.73. The predicted molar refractivity (Wildman–Crippen MR) is 98.7 cm³/mol. The van der Waals surface area contributed by atoms with Gasteiger partial charge in [-0.1, -0.05) is 30.0 Å². The van der Waals surface area contributed by atoms with Crippen molar-refractivity contribution >= 4 is 40.9 Å². The number of nitrogens with two attached hydrogens (primary N) is 2. The Hall–Kier alpha value is -2.37. The van der Waals surface area contributed by atoms with Crippen LogP contribution in [0.25, 0.3) is 0 Å². The molecule has 0 bridgehead atoms. The molecule has 0 spiro atoms. The van der Waals surface area contributed by atoms with E-state index in [9.17, 15) is 4.79 Å². The number of hydrogen-bond donors (Lipinski definition) is 3. The molecule has 1 aromatic carbocycles. The zero-order valence-corrected chi connectivity index (χ0v) is 14.5. The van der Waals surface area contributed by atoms with Crippen molar-refractivity contribution in [3.05, 3.63) is 42.0 Å². The summed E-state index contributed by atoms with van der Waals surface area (Å²) in [4.78, 5) is 17.1. The number of anilines is 2. The Morgan fingerprint density at radius 2 is 2.00 bits per heavy atom. The summed E-state index contributed by atoms with van der Waals surface area (Å²) < 4.78 is 0. The van der Waals surface area contributed by atoms with Gasteiger partial charge in [0.1, 0.15) is 22.5 Å². The molecule has 0 aliphatic rings. The minimum absolute atomic E-state index is 0.125. The topological polar surface area (TPSA) is 118 Å². The number of hydrogen-bond acceptors (Lipinski definition) is 7. The summed E-state index contributed by atoms with van der Waals surface area (Å²) in [6.45, 7) is 0.566. The number of nitriles is 1. The molecule has 1 aromatic heterocycles. The number of amides is 1. The fraction of sp³-hybridized carbons (Fsp3) is 0.188. The number of benzene rings is 1. The maximum absolute atomic E-state index is 11.9. The highest BCUT2D eigenvalue weighted by Gasteiger charge is 2.12. The number of pyridine rings is 1. The van der Waals surface area contributed by atoms with Crippen LogP contribution in [0, 0.1) is 11.3 Å². The summed E-state index contributed by atoms with van der Waals surface area (Å²) in [7, 11) is 0. The van der Waals surface area contributed by atoms with Crippen molar-refractivity contribution in [2.24, 2.45) is 0 Å². The molecule has 1 heterocycles. The van der Waals surface area contributed by atoms with Gasteiger partial charge in [0.05, 0.1) is 11.4 Å². The molecule has 2 rings (SSSR count). The molecular weight excluding hydrogens is 342 g/mol. The molecule has 24 heavy (non-hydrogen) atoms. The van der Waals surface area contributed by atoms with Gasteiger partial charge in [-0.15, -0.1) is 11.8 Å². The highest BCUT2D eigenvalue weighted by molar-refractivity contribution is 8.00. The molecule has 1 amide bonds. The Labute approximate surface area is 149 Å². The van der Waals surface area contributed by atoms with Gasteiger partial charge in [-0.25, -0.2) is 4.98 Å². The van der Waals surface area contributed by atoms with E-state index in [0.29, 0.717) is 11.6 Å². The van der Waals surface area contributed by atoms with Crippen molar-refractivity contribution in [2.75, 3.05) is 29.5 Å². The fourth-order valence-corrected chi connectivity index (χ4v) is 3.48. The molecule has 0 saturated carbocycles. The first-order chi connectivity index (χ1) is 11.6. The van der Waals surface area contributed by atoms with E-state index in [0.717, 1.165) is 17.5 Å². The molecular formula is C16H17N5OS2. The minimum Gasteiger partial charge on any atom is -0.397 e. The number of rotatable bonds is 7. The average molecular weight is 359 g/mol. The summed E-state index contributed by atoms with van der Waals surface area (Å²) >= 11 is 2.83. The monoisotopic (exact) mass is 359 g/mol. The molecule has 5 N–H and O–H groups in total. The van der Waals surface area contributed by atoms with Crippen LogP contribution >= 0.6 is 23.5 Å². The lowest BCUT2D eigenvalue weighted by atomic mass is 10.2. The van der Waals surface area contributed by atoms with Crippen LogP contribution in [0.2, 0.25) is 0 Å². The number of nitrogens with one attached hydrogen (secondary N) is 1. The lowest BCUT2D eigenvalue weighted by Crippen LogP contribution is -2.27. The average Bonchev–Trinajstić information content (AvgIpc) is 2.57. The third-order valence-corrected chi connectivity index (χ3v) is 4.91. The Balaban J connectivity index is 1.77. The quantitative estimate of drug-likeness (QED) is 0.512. The molecule has 0 fully saturated rings. The van der Waals surface area contributed by atoms with E-state index in [-0.39, 0.29) is 28.7 Å². The van der Waals surface area contributed by atoms with E-state index < -0.39 is 0 Å². The number of carbonyl (C=O) groups is 1. The molecule has 8 heteroatoms. The van der Waals surface area contributed by atoms with Crippen molar-refractivity contribution in [1.29, 1.82) is 5.26 Å². The van der Waals surface area contributed by atoms with Crippen molar-refractivity contribution in [3.63, 3.8) is 0 Å². The third kappa shape index (κ3) is 5.37. The molecule has 124 valence electrons. The van der Waals surface area contributed by atoms with E-state index in [1.807, 2.05) is 36.4 Å². The summed E-state index contributed by atoms with van der Waals surface area (Å²) in [6, 6.07) is 13.4. The van der Waals surface area contributed by atoms with Crippen molar-refractivity contribution in [1.82, 2.24) is 10.3 Å². The highest BCUT2D eigenvalue weighted by atomic mass is 32.2. The molecule has 0 atom stereocenters. The van der Waals surface area contributed by atoms with E-state index in [2.05, 4.69) is 10.3 Å². The SMILES string of the molecule is N#Cc1c(N)cc(N)nc1SCC(=O)NCCSc1ccccc1. The maximum atomic E-state index is 11.9. The molecule has 0 radical (unpaired) electrons. The molecule has 0 aliphatic heterocycles. The maximum Gasteiger partial charge on any atom is 0.230 e. The van der Waals surface area contributed by atoms with Crippen LogP contribution in [0.5, 0.6) is 0 Å². The normalized spacial score (nSPS) is 10.1. The summed E-state index contributed by atoms with van der Waals surface area (Å²) in [5.74, 6) is 1.04. The van der Waals surface area contributed by atoms with Crippen LogP contribution in [0.4, 0.5) is 11.5 Å². The van der Waals surface area contributed by atoms with Gasteiger partial charge in [0.2, 0.25) is 5.91 Å². The lowest BCUT2D eigenvalue weighted by molar-refractivity contribution is -0.118. The summed E-state index contributed by atoms with van der Waals surface area (Å²) in [5, 5.41) is 12.3. The number of carbonyl (C=O) groups excluding carboxylic acids is 1. The number of nitrogen functional groups attached to an aromatic ring is 2. The van der Waals surface area contributed by atoms with Crippen molar-refractivity contribution < 1.29 is 4.79 Å². The summed E-state index contributed by atoms with van der Waals surface area (Å²) in [6.07, 6.45) is 0. The van der Waals surface area contributed by atoms with E-state index >= 15 is 0 Å². The number of nitrogens with zero attached hydrogens (tertiary/aromatic N) is 2. The first kappa shape index (κ1) is 18.0. The van der Waals surface area contributed by atoms with Crippen LogP contribution in [-0.4, -0.2) is 28.9 Å². The molecule has 6 nitrogen and oxygen atoms in total. The van der Waals surface area contributed by atoms with Gasteiger partial charge in [0, 0.05) is 23.3 Å². The second kappa shape index (κ2) is 9.05. The van der Waals surface area contributed by atoms with Gasteiger partial charge in [-0.2, -0.15) is 5.26 Å². The summed E-state index contributed by atoms with van der Waals surface area (Å²) in [5.41, 5.74) is 11.9. The van der Waals surface area contributed by atoms with Crippen LogP contribution in [0.1, 0.15) is 5.56 Å². The largest absolute Gasteiger partial charge is 0.397 e. The van der Waals surface area contributed by atoms with Crippen LogP contribution < -0.4 is 16.8 Å². The Bertz CT molecular complexity index is 746. The highest BCUT2D eigenvalue weighted by Crippen LogP contribution is 2.26. The van der Waals surface area contributed by atoms with Gasteiger partial charge in [-0.3, -0.25) is 4.79 Å². The van der Waals surface area contributed by atoms with E-state index in [4.69, 9.17) is 16.7 Å². The predicted octanol–water partition coefficient (Wildman–Crippen LogP) is 2.12. The molecule has 0 aliphatic carbocycles. The van der Waals surface area contributed by atoms with Crippen molar-refractivity contribution in [2.45, 2.75) is 9.92 Å². The van der Waals surface area contributed by atoms with E-state index in [1.54, 1.807) is 11.8 Å². The zero-order chi connectivity index (χ0) is 17.4. The van der Waals surface area contributed by atoms with Crippen LogP contribution in [-0.2, 0) is 4.79 Å². The van der Waals surface area contributed by atoms with Gasteiger partial charge in [-0.05, 0) is 12.1 Å². The van der Waals surface area contributed by atoms with Crippen LogP contribution in [0.15, 0.2) is 46.3 Å². The number of aromatic nitrogens is 1. The second-order valence-corrected chi connectivity index (χ2v) is 6.86. The standard InChI is InChI=1S/C16H17N5OS2/c17-9-12-13(18)8-14(19)21-16(12)24-10-15(22)20-6-7-23-11-4-2-1-3-5-11/h1-5,8H,6-7,10H2,(H,20,22)(H4,18,19,21). The lowest BCUT2D eigenvalue weighted by Gasteiger charge is -2.08. The fourth-order valence-electron chi connectivity index (χ4n) is 1.84. The third-order valence-electron chi connectivity index (χ3n) is 2.92. The minimum atomic E-state index is -0.125. The Morgan fingerprint density at radius 3 is 2.71 bits per heavy atom. The Kier molecular flexibility index (Phi) is 6.78. The first-order valence-electron chi connectivity index (χ1n) is 7.13. The van der Waals surface area contributed by atoms with Crippen molar-refractivity contribution in [3.8, 4) is 6.07 Å².